The van der Waals surface area contributed by atoms with E-state index in [0.717, 1.165) is 29.7 Å². The SMILES string of the molecule is CC(C)(N)C(=O)NC(CC1CCOc2ccccc2C1)C(=O)N1CCC(C#N)(c2ccccc2)CC1.Cl. The van der Waals surface area contributed by atoms with Gasteiger partial charge in [-0.25, -0.2) is 0 Å². The quantitative estimate of drug-likeness (QED) is 0.598. The van der Waals surface area contributed by atoms with Crippen LogP contribution in [0.3, 0.4) is 0 Å². The molecule has 2 amide bonds. The van der Waals surface area contributed by atoms with Gasteiger partial charge in [0.15, 0.2) is 0 Å². The van der Waals surface area contributed by atoms with E-state index in [9.17, 15) is 14.9 Å². The second kappa shape index (κ2) is 12.0. The van der Waals surface area contributed by atoms with E-state index in [1.807, 2.05) is 48.5 Å². The van der Waals surface area contributed by atoms with Crippen LogP contribution in [-0.4, -0.2) is 48.0 Å². The molecule has 2 aliphatic heterocycles. The summed E-state index contributed by atoms with van der Waals surface area (Å²) in [6.45, 7) is 4.79. The van der Waals surface area contributed by atoms with Gasteiger partial charge in [-0.2, -0.15) is 5.26 Å². The Bertz CT molecular complexity index is 1120. The van der Waals surface area contributed by atoms with Crippen molar-refractivity contribution >= 4 is 24.2 Å². The highest BCUT2D eigenvalue weighted by Gasteiger charge is 2.40. The minimum Gasteiger partial charge on any atom is -0.493 e. The van der Waals surface area contributed by atoms with Crippen LogP contribution in [0, 0.1) is 17.2 Å². The van der Waals surface area contributed by atoms with Gasteiger partial charge >= 0.3 is 0 Å². The van der Waals surface area contributed by atoms with Gasteiger partial charge in [0.1, 0.15) is 11.8 Å². The maximum absolute atomic E-state index is 13.8. The summed E-state index contributed by atoms with van der Waals surface area (Å²) < 4.78 is 5.92. The normalized spacial score (nSPS) is 19.6. The number of likely N-dealkylation sites (tertiary alicyclic amines) is 1. The molecular formula is C29H37ClN4O3. The number of carbonyl (C=O) groups excluding carboxylic acids is 2. The molecule has 1 fully saturated rings. The van der Waals surface area contributed by atoms with Gasteiger partial charge in [0, 0.05) is 13.1 Å². The standard InChI is InChI=1S/C29H36N4O3.ClH/c1-28(2,31)27(35)32-24(19-21-12-17-36-25-11-7-6-8-22(25)18-21)26(34)33-15-13-29(20-30,14-16-33)23-9-4-3-5-10-23;/h3-11,21,24H,12-19,31H2,1-2H3,(H,32,35);1H. The fourth-order valence-electron chi connectivity index (χ4n) is 5.21. The number of hydrogen-bond acceptors (Lipinski definition) is 5. The molecule has 0 spiro atoms. The summed E-state index contributed by atoms with van der Waals surface area (Å²) in [4.78, 5) is 28.4. The first-order valence-electron chi connectivity index (χ1n) is 12.8. The van der Waals surface area contributed by atoms with Crippen molar-refractivity contribution in [2.75, 3.05) is 19.7 Å². The van der Waals surface area contributed by atoms with Gasteiger partial charge in [0.05, 0.1) is 23.6 Å². The maximum Gasteiger partial charge on any atom is 0.245 e. The lowest BCUT2D eigenvalue weighted by molar-refractivity contribution is -0.139. The van der Waals surface area contributed by atoms with E-state index in [1.165, 1.54) is 0 Å². The molecular weight excluding hydrogens is 488 g/mol. The van der Waals surface area contributed by atoms with E-state index < -0.39 is 17.0 Å². The summed E-state index contributed by atoms with van der Waals surface area (Å²) in [6, 6.07) is 19.6. The van der Waals surface area contributed by atoms with Crippen molar-refractivity contribution in [3.8, 4) is 11.8 Å². The van der Waals surface area contributed by atoms with Gasteiger partial charge in [-0.1, -0.05) is 48.5 Å². The van der Waals surface area contributed by atoms with Crippen molar-refractivity contribution < 1.29 is 14.3 Å². The molecule has 2 unspecified atom stereocenters. The highest BCUT2D eigenvalue weighted by molar-refractivity contribution is 5.91. The molecule has 0 bridgehead atoms. The van der Waals surface area contributed by atoms with E-state index in [4.69, 9.17) is 10.5 Å². The van der Waals surface area contributed by atoms with Gasteiger partial charge in [-0.05, 0) is 69.1 Å². The van der Waals surface area contributed by atoms with Crippen molar-refractivity contribution in [3.63, 3.8) is 0 Å². The maximum atomic E-state index is 13.8. The lowest BCUT2D eigenvalue weighted by atomic mass is 9.74. The minimum atomic E-state index is -1.09. The number of rotatable bonds is 6. The molecule has 2 aromatic rings. The Hall–Kier alpha value is -3.08. The van der Waals surface area contributed by atoms with Crippen molar-refractivity contribution in [2.24, 2.45) is 11.7 Å². The van der Waals surface area contributed by atoms with Crippen LogP contribution in [0.25, 0.3) is 0 Å². The van der Waals surface area contributed by atoms with Crippen molar-refractivity contribution in [3.05, 3.63) is 65.7 Å². The summed E-state index contributed by atoms with van der Waals surface area (Å²) in [5.41, 5.74) is 6.47. The molecule has 2 atom stereocenters. The van der Waals surface area contributed by atoms with Gasteiger partial charge < -0.3 is 20.7 Å². The summed E-state index contributed by atoms with van der Waals surface area (Å²) >= 11 is 0. The van der Waals surface area contributed by atoms with Crippen LogP contribution in [0.15, 0.2) is 54.6 Å². The van der Waals surface area contributed by atoms with Crippen molar-refractivity contribution in [1.82, 2.24) is 10.2 Å². The first-order valence-corrected chi connectivity index (χ1v) is 12.8. The molecule has 8 heteroatoms. The smallest absolute Gasteiger partial charge is 0.245 e. The molecule has 1 saturated heterocycles. The lowest BCUT2D eigenvalue weighted by Gasteiger charge is -2.39. The lowest BCUT2D eigenvalue weighted by Crippen LogP contribution is -2.58. The number of para-hydroxylation sites is 1. The Balaban J connectivity index is 0.00000380. The Kier molecular flexibility index (Phi) is 9.22. The van der Waals surface area contributed by atoms with Crippen LogP contribution in [0.5, 0.6) is 5.75 Å². The molecule has 0 aliphatic carbocycles. The third kappa shape index (κ3) is 6.63. The van der Waals surface area contributed by atoms with Gasteiger partial charge in [0.2, 0.25) is 11.8 Å². The zero-order valence-electron chi connectivity index (χ0n) is 21.6. The minimum absolute atomic E-state index is 0. The van der Waals surface area contributed by atoms with Crippen LogP contribution >= 0.6 is 12.4 Å². The Morgan fingerprint density at radius 1 is 1.16 bits per heavy atom. The van der Waals surface area contributed by atoms with Crippen LogP contribution < -0.4 is 15.8 Å². The first-order chi connectivity index (χ1) is 17.2. The number of nitrogens with one attached hydrogen (secondary N) is 1. The number of halogens is 1. The summed E-state index contributed by atoms with van der Waals surface area (Å²) in [5, 5.41) is 13.0. The van der Waals surface area contributed by atoms with E-state index in [2.05, 4.69) is 17.5 Å². The summed E-state index contributed by atoms with van der Waals surface area (Å²) in [7, 11) is 0. The zero-order valence-corrected chi connectivity index (χ0v) is 22.4. The van der Waals surface area contributed by atoms with E-state index in [-0.39, 0.29) is 30.1 Å². The number of carbonyl (C=O) groups is 2. The molecule has 0 saturated carbocycles. The summed E-state index contributed by atoms with van der Waals surface area (Å²) in [6.07, 6.45) is 3.22. The molecule has 0 aromatic heterocycles. The topological polar surface area (TPSA) is 108 Å². The number of amides is 2. The van der Waals surface area contributed by atoms with Gasteiger partial charge in [-0.15, -0.1) is 12.4 Å². The average Bonchev–Trinajstić information content (AvgIpc) is 3.09. The fraction of sp³-hybridized carbons (Fsp3) is 0.483. The van der Waals surface area contributed by atoms with E-state index in [0.29, 0.717) is 39.0 Å². The number of hydrogen-bond donors (Lipinski definition) is 2. The second-order valence-corrected chi connectivity index (χ2v) is 10.7. The Morgan fingerprint density at radius 3 is 2.46 bits per heavy atom. The molecule has 0 radical (unpaired) electrons. The number of benzene rings is 2. The average molecular weight is 525 g/mol. The third-order valence-electron chi connectivity index (χ3n) is 7.49. The Labute approximate surface area is 225 Å². The number of nitrogens with two attached hydrogens (primary N) is 1. The van der Waals surface area contributed by atoms with E-state index in [1.54, 1.807) is 18.7 Å². The predicted molar refractivity (Wildman–Crippen MR) is 145 cm³/mol. The monoisotopic (exact) mass is 524 g/mol. The zero-order chi connectivity index (χ0) is 25.8. The Morgan fingerprint density at radius 2 is 1.81 bits per heavy atom. The van der Waals surface area contributed by atoms with Crippen molar-refractivity contribution in [2.45, 2.75) is 62.9 Å². The number of nitriles is 1. The fourth-order valence-corrected chi connectivity index (χ4v) is 5.21. The van der Waals surface area contributed by atoms with Crippen molar-refractivity contribution in [1.29, 1.82) is 5.26 Å². The number of ether oxygens (including phenoxy) is 1. The number of nitrogens with zero attached hydrogens (tertiary/aromatic N) is 2. The van der Waals surface area contributed by atoms with E-state index >= 15 is 0 Å². The van der Waals surface area contributed by atoms with Crippen LogP contribution in [0.2, 0.25) is 0 Å². The first kappa shape index (κ1) is 28.5. The molecule has 37 heavy (non-hydrogen) atoms. The molecule has 2 heterocycles. The van der Waals surface area contributed by atoms with Gasteiger partial charge in [-0.3, -0.25) is 9.59 Å². The highest BCUT2D eigenvalue weighted by atomic mass is 35.5. The molecule has 3 N–H and O–H groups in total. The number of fused-ring (bicyclic) bond motifs is 1. The van der Waals surface area contributed by atoms with Crippen LogP contribution in [-0.2, 0) is 21.4 Å². The predicted octanol–water partition coefficient (Wildman–Crippen LogP) is 3.75. The molecule has 2 aliphatic rings. The van der Waals surface area contributed by atoms with Crippen LogP contribution in [0.1, 0.15) is 50.7 Å². The molecule has 198 valence electrons. The number of piperidine rings is 1. The molecule has 4 rings (SSSR count). The molecule has 7 nitrogen and oxygen atoms in total. The molecule has 2 aromatic carbocycles. The largest absolute Gasteiger partial charge is 0.493 e. The highest BCUT2D eigenvalue weighted by Crippen LogP contribution is 2.35. The van der Waals surface area contributed by atoms with Crippen LogP contribution in [0.4, 0.5) is 0 Å². The second-order valence-electron chi connectivity index (χ2n) is 10.7. The third-order valence-corrected chi connectivity index (χ3v) is 7.49. The summed E-state index contributed by atoms with van der Waals surface area (Å²) in [5.74, 6) is 0.611. The van der Waals surface area contributed by atoms with Gasteiger partial charge in [0.25, 0.3) is 0 Å².